The molecular formula is C13H15NO4. The maximum absolute atomic E-state index is 11.7. The second kappa shape index (κ2) is 5.08. The first kappa shape index (κ1) is 12.4. The third kappa shape index (κ3) is 3.23. The molecule has 0 heterocycles. The van der Waals surface area contributed by atoms with Gasteiger partial charge in [-0.2, -0.15) is 0 Å². The number of nitrogens with one attached hydrogen (secondary N) is 1. The highest BCUT2D eigenvalue weighted by molar-refractivity contribution is 5.92. The van der Waals surface area contributed by atoms with Gasteiger partial charge in [0.1, 0.15) is 5.75 Å². The molecule has 0 bridgehead atoms. The number of hydrogen-bond acceptors (Lipinski definition) is 4. The minimum absolute atomic E-state index is 0.0751. The van der Waals surface area contributed by atoms with Crippen LogP contribution in [-0.2, 0) is 9.53 Å². The standard InChI is InChI=1S/C13H15NO4/c1-8(12(16)14-10-4-5-10)18-13(17)9-2-6-11(15)7-3-9/h2-3,6-8,10,15H,4-5H2,1H3,(H,14,16)/t8-/m1/s1. The van der Waals surface area contributed by atoms with Gasteiger partial charge >= 0.3 is 5.97 Å². The van der Waals surface area contributed by atoms with Gasteiger partial charge in [-0.05, 0) is 44.0 Å². The van der Waals surface area contributed by atoms with Crippen molar-refractivity contribution < 1.29 is 19.4 Å². The average Bonchev–Trinajstić information content (AvgIpc) is 3.13. The largest absolute Gasteiger partial charge is 0.508 e. The maximum atomic E-state index is 11.7. The van der Waals surface area contributed by atoms with E-state index in [1.54, 1.807) is 0 Å². The van der Waals surface area contributed by atoms with Crippen molar-refractivity contribution in [3.63, 3.8) is 0 Å². The molecule has 2 N–H and O–H groups in total. The molecule has 1 aliphatic rings. The summed E-state index contributed by atoms with van der Waals surface area (Å²) in [6.45, 7) is 1.54. The number of rotatable bonds is 4. The second-order valence-electron chi connectivity index (χ2n) is 4.38. The van der Waals surface area contributed by atoms with Gasteiger partial charge in [-0.25, -0.2) is 4.79 Å². The number of carbonyl (C=O) groups excluding carboxylic acids is 2. The lowest BCUT2D eigenvalue weighted by molar-refractivity contribution is -0.129. The Balaban J connectivity index is 1.89. The van der Waals surface area contributed by atoms with Gasteiger partial charge < -0.3 is 15.2 Å². The summed E-state index contributed by atoms with van der Waals surface area (Å²) in [5, 5.41) is 11.9. The fourth-order valence-corrected chi connectivity index (χ4v) is 1.43. The van der Waals surface area contributed by atoms with Gasteiger partial charge in [-0.3, -0.25) is 4.79 Å². The summed E-state index contributed by atoms with van der Waals surface area (Å²) < 4.78 is 5.03. The van der Waals surface area contributed by atoms with Crippen molar-refractivity contribution >= 4 is 11.9 Å². The number of amides is 1. The highest BCUT2D eigenvalue weighted by Crippen LogP contribution is 2.19. The average molecular weight is 249 g/mol. The molecule has 2 rings (SSSR count). The molecule has 1 aliphatic carbocycles. The molecule has 1 atom stereocenters. The van der Waals surface area contributed by atoms with E-state index in [1.165, 1.54) is 31.2 Å². The van der Waals surface area contributed by atoms with Crippen LogP contribution in [-0.4, -0.2) is 29.1 Å². The number of esters is 1. The normalized spacial score (nSPS) is 15.8. The Morgan fingerprint density at radius 1 is 1.33 bits per heavy atom. The van der Waals surface area contributed by atoms with Crippen LogP contribution in [0.5, 0.6) is 5.75 Å². The minimum atomic E-state index is -0.813. The number of phenolic OH excluding ortho intramolecular Hbond substituents is 1. The van der Waals surface area contributed by atoms with Crippen molar-refractivity contribution in [2.24, 2.45) is 0 Å². The predicted molar refractivity (Wildman–Crippen MR) is 64.1 cm³/mol. The Kier molecular flexibility index (Phi) is 3.50. The number of aromatic hydroxyl groups is 1. The molecule has 96 valence electrons. The van der Waals surface area contributed by atoms with E-state index in [2.05, 4.69) is 5.32 Å². The molecule has 18 heavy (non-hydrogen) atoms. The van der Waals surface area contributed by atoms with Crippen molar-refractivity contribution in [3.8, 4) is 5.75 Å². The Morgan fingerprint density at radius 2 is 1.94 bits per heavy atom. The van der Waals surface area contributed by atoms with Gasteiger partial charge in [-0.1, -0.05) is 0 Å². The second-order valence-corrected chi connectivity index (χ2v) is 4.38. The molecule has 1 saturated carbocycles. The first-order valence-electron chi connectivity index (χ1n) is 5.86. The number of hydrogen-bond donors (Lipinski definition) is 2. The number of phenols is 1. The Morgan fingerprint density at radius 3 is 2.50 bits per heavy atom. The summed E-state index contributed by atoms with van der Waals surface area (Å²) in [6, 6.07) is 5.93. The predicted octanol–water partition coefficient (Wildman–Crippen LogP) is 1.22. The zero-order valence-corrected chi connectivity index (χ0v) is 10.1. The lowest BCUT2D eigenvalue weighted by Crippen LogP contribution is -2.37. The van der Waals surface area contributed by atoms with Crippen molar-refractivity contribution in [2.45, 2.75) is 31.9 Å². The summed E-state index contributed by atoms with van der Waals surface area (Å²) in [6.07, 6.45) is 1.17. The van der Waals surface area contributed by atoms with Crippen LogP contribution in [0.25, 0.3) is 0 Å². The van der Waals surface area contributed by atoms with Crippen molar-refractivity contribution in [1.29, 1.82) is 0 Å². The summed E-state index contributed by atoms with van der Waals surface area (Å²) >= 11 is 0. The number of carbonyl (C=O) groups is 2. The van der Waals surface area contributed by atoms with E-state index in [-0.39, 0.29) is 17.7 Å². The molecule has 1 fully saturated rings. The molecule has 0 aliphatic heterocycles. The lowest BCUT2D eigenvalue weighted by atomic mass is 10.2. The molecule has 0 spiro atoms. The fourth-order valence-electron chi connectivity index (χ4n) is 1.43. The Labute approximate surface area is 105 Å². The van der Waals surface area contributed by atoms with Gasteiger partial charge in [0.05, 0.1) is 5.56 Å². The molecule has 0 radical (unpaired) electrons. The van der Waals surface area contributed by atoms with Crippen LogP contribution in [0, 0.1) is 0 Å². The molecule has 1 aromatic carbocycles. The van der Waals surface area contributed by atoms with E-state index in [4.69, 9.17) is 9.84 Å². The molecule has 0 aromatic heterocycles. The summed E-state index contributed by atoms with van der Waals surface area (Å²) in [5.74, 6) is -0.774. The lowest BCUT2D eigenvalue weighted by Gasteiger charge is -2.13. The number of ether oxygens (including phenoxy) is 1. The monoisotopic (exact) mass is 249 g/mol. The zero-order chi connectivity index (χ0) is 13.1. The molecule has 0 unspecified atom stereocenters. The van der Waals surface area contributed by atoms with Gasteiger partial charge in [0, 0.05) is 6.04 Å². The third-order valence-electron chi connectivity index (χ3n) is 2.68. The summed E-state index contributed by atoms with van der Waals surface area (Å²) in [5.41, 5.74) is 0.305. The van der Waals surface area contributed by atoms with Crippen LogP contribution < -0.4 is 5.32 Å². The molecular weight excluding hydrogens is 234 g/mol. The van der Waals surface area contributed by atoms with Gasteiger partial charge in [-0.15, -0.1) is 0 Å². The van der Waals surface area contributed by atoms with E-state index in [1.807, 2.05) is 0 Å². The van der Waals surface area contributed by atoms with E-state index in [0.29, 0.717) is 5.56 Å². The van der Waals surface area contributed by atoms with E-state index in [0.717, 1.165) is 12.8 Å². The molecule has 0 saturated heterocycles. The van der Waals surface area contributed by atoms with Crippen molar-refractivity contribution in [3.05, 3.63) is 29.8 Å². The highest BCUT2D eigenvalue weighted by Gasteiger charge is 2.27. The van der Waals surface area contributed by atoms with E-state index in [9.17, 15) is 9.59 Å². The Bertz CT molecular complexity index is 451. The fraction of sp³-hybridized carbons (Fsp3) is 0.385. The first-order valence-corrected chi connectivity index (χ1v) is 5.86. The van der Waals surface area contributed by atoms with Crippen LogP contribution in [0.15, 0.2) is 24.3 Å². The Hall–Kier alpha value is -2.04. The number of benzene rings is 1. The molecule has 1 amide bonds. The minimum Gasteiger partial charge on any atom is -0.508 e. The summed E-state index contributed by atoms with van der Waals surface area (Å²) in [4.78, 5) is 23.3. The molecule has 5 heteroatoms. The van der Waals surface area contributed by atoms with Crippen LogP contribution in [0.2, 0.25) is 0 Å². The zero-order valence-electron chi connectivity index (χ0n) is 10.1. The SMILES string of the molecule is C[C@@H](OC(=O)c1ccc(O)cc1)C(=O)NC1CC1. The first-order chi connectivity index (χ1) is 8.56. The van der Waals surface area contributed by atoms with Gasteiger partial charge in [0.15, 0.2) is 6.10 Å². The quantitative estimate of drug-likeness (QED) is 0.787. The highest BCUT2D eigenvalue weighted by atomic mass is 16.5. The third-order valence-corrected chi connectivity index (χ3v) is 2.68. The van der Waals surface area contributed by atoms with Crippen molar-refractivity contribution in [2.75, 3.05) is 0 Å². The van der Waals surface area contributed by atoms with Crippen LogP contribution in [0.1, 0.15) is 30.1 Å². The van der Waals surface area contributed by atoms with Gasteiger partial charge in [0.25, 0.3) is 5.91 Å². The van der Waals surface area contributed by atoms with Crippen LogP contribution >= 0.6 is 0 Å². The van der Waals surface area contributed by atoms with Crippen LogP contribution in [0.3, 0.4) is 0 Å². The van der Waals surface area contributed by atoms with Gasteiger partial charge in [0.2, 0.25) is 0 Å². The van der Waals surface area contributed by atoms with E-state index >= 15 is 0 Å². The van der Waals surface area contributed by atoms with Crippen LogP contribution in [0.4, 0.5) is 0 Å². The topological polar surface area (TPSA) is 75.6 Å². The van der Waals surface area contributed by atoms with E-state index < -0.39 is 12.1 Å². The maximum Gasteiger partial charge on any atom is 0.338 e. The van der Waals surface area contributed by atoms with Crippen molar-refractivity contribution in [1.82, 2.24) is 5.32 Å². The molecule has 5 nitrogen and oxygen atoms in total. The smallest absolute Gasteiger partial charge is 0.338 e. The summed E-state index contributed by atoms with van der Waals surface area (Å²) in [7, 11) is 0. The molecule has 1 aromatic rings.